The molecule has 3 rings (SSSR count). The van der Waals surface area contributed by atoms with Gasteiger partial charge in [0, 0.05) is 31.2 Å². The van der Waals surface area contributed by atoms with Crippen LogP contribution in [0.15, 0.2) is 30.3 Å². The Hall–Kier alpha value is -2.37. The summed E-state index contributed by atoms with van der Waals surface area (Å²) in [6.07, 6.45) is 2.86. The molecule has 6 nitrogen and oxygen atoms in total. The molecule has 2 aliphatic heterocycles. The number of aliphatic carboxylic acids is 1. The Bertz CT molecular complexity index is 676. The fourth-order valence-electron chi connectivity index (χ4n) is 3.98. The SMILES string of the molecule is CC1CCC(C(=O)O)CN1C(=O)C1CCCN(C(=O)c2ccccc2)C1. The van der Waals surface area contributed by atoms with E-state index in [1.54, 1.807) is 21.9 Å². The van der Waals surface area contributed by atoms with Crippen molar-refractivity contribution < 1.29 is 19.5 Å². The van der Waals surface area contributed by atoms with Crippen molar-refractivity contribution >= 4 is 17.8 Å². The minimum Gasteiger partial charge on any atom is -0.481 e. The van der Waals surface area contributed by atoms with E-state index in [0.29, 0.717) is 31.5 Å². The number of carboxylic acids is 1. The van der Waals surface area contributed by atoms with Crippen LogP contribution < -0.4 is 0 Å². The topological polar surface area (TPSA) is 77.9 Å². The van der Waals surface area contributed by atoms with E-state index in [4.69, 9.17) is 0 Å². The van der Waals surface area contributed by atoms with Gasteiger partial charge in [-0.15, -0.1) is 0 Å². The minimum atomic E-state index is -0.834. The van der Waals surface area contributed by atoms with Crippen LogP contribution in [-0.2, 0) is 9.59 Å². The summed E-state index contributed by atoms with van der Waals surface area (Å²) in [6, 6.07) is 9.17. The fraction of sp³-hybridized carbons (Fsp3) is 0.550. The number of rotatable bonds is 3. The zero-order chi connectivity index (χ0) is 18.7. The molecule has 26 heavy (non-hydrogen) atoms. The Morgan fingerprint density at radius 3 is 2.42 bits per heavy atom. The highest BCUT2D eigenvalue weighted by atomic mass is 16.4. The predicted molar refractivity (Wildman–Crippen MR) is 96.6 cm³/mol. The Balaban J connectivity index is 1.67. The van der Waals surface area contributed by atoms with E-state index in [2.05, 4.69) is 0 Å². The number of nitrogens with zero attached hydrogens (tertiary/aromatic N) is 2. The van der Waals surface area contributed by atoms with Crippen LogP contribution in [-0.4, -0.2) is 58.4 Å². The molecule has 2 fully saturated rings. The molecule has 2 saturated heterocycles. The molecule has 0 spiro atoms. The third-order valence-corrected chi connectivity index (χ3v) is 5.59. The number of piperidine rings is 2. The molecule has 6 heteroatoms. The summed E-state index contributed by atoms with van der Waals surface area (Å²) in [5, 5.41) is 9.28. The van der Waals surface area contributed by atoms with Gasteiger partial charge >= 0.3 is 5.97 Å². The summed E-state index contributed by atoms with van der Waals surface area (Å²) in [6.45, 7) is 3.32. The summed E-state index contributed by atoms with van der Waals surface area (Å²) >= 11 is 0. The fourth-order valence-corrected chi connectivity index (χ4v) is 3.98. The third kappa shape index (κ3) is 3.89. The second-order valence-electron chi connectivity index (χ2n) is 7.41. The monoisotopic (exact) mass is 358 g/mol. The first-order valence-corrected chi connectivity index (χ1v) is 9.35. The van der Waals surface area contributed by atoms with Gasteiger partial charge in [-0.05, 0) is 44.7 Å². The Kier molecular flexibility index (Phi) is 5.59. The zero-order valence-electron chi connectivity index (χ0n) is 15.1. The molecule has 2 heterocycles. The first kappa shape index (κ1) is 18.4. The molecule has 140 valence electrons. The standard InChI is InChI=1S/C20H26N2O4/c1-14-9-10-17(20(25)26)13-22(14)19(24)16-8-5-11-21(12-16)18(23)15-6-3-2-4-7-15/h2-4,6-7,14,16-17H,5,8-13H2,1H3,(H,25,26). The molecule has 0 radical (unpaired) electrons. The number of hydrogen-bond donors (Lipinski definition) is 1. The van der Waals surface area contributed by atoms with Crippen molar-refractivity contribution in [3.8, 4) is 0 Å². The van der Waals surface area contributed by atoms with Crippen LogP contribution in [0.25, 0.3) is 0 Å². The molecule has 0 bridgehead atoms. The van der Waals surface area contributed by atoms with Crippen molar-refractivity contribution in [2.45, 2.75) is 38.6 Å². The van der Waals surface area contributed by atoms with Crippen LogP contribution in [0.2, 0.25) is 0 Å². The highest BCUT2D eigenvalue weighted by Gasteiger charge is 2.37. The Labute approximate surface area is 153 Å². The smallest absolute Gasteiger partial charge is 0.308 e. The van der Waals surface area contributed by atoms with Crippen molar-refractivity contribution in [3.05, 3.63) is 35.9 Å². The third-order valence-electron chi connectivity index (χ3n) is 5.59. The van der Waals surface area contributed by atoms with Gasteiger partial charge in [-0.3, -0.25) is 14.4 Å². The van der Waals surface area contributed by atoms with Gasteiger partial charge in [0.25, 0.3) is 5.91 Å². The zero-order valence-corrected chi connectivity index (χ0v) is 15.1. The van der Waals surface area contributed by atoms with Crippen molar-refractivity contribution in [1.29, 1.82) is 0 Å². The molecule has 0 saturated carbocycles. The molecule has 0 aliphatic carbocycles. The van der Waals surface area contributed by atoms with Crippen molar-refractivity contribution in [1.82, 2.24) is 9.80 Å². The van der Waals surface area contributed by atoms with Crippen molar-refractivity contribution in [3.63, 3.8) is 0 Å². The van der Waals surface area contributed by atoms with Gasteiger partial charge in [0.15, 0.2) is 0 Å². The van der Waals surface area contributed by atoms with Crippen molar-refractivity contribution in [2.24, 2.45) is 11.8 Å². The summed E-state index contributed by atoms with van der Waals surface area (Å²) in [7, 11) is 0. The largest absolute Gasteiger partial charge is 0.481 e. The van der Waals surface area contributed by atoms with Gasteiger partial charge in [0.2, 0.25) is 5.91 Å². The molecule has 0 aromatic heterocycles. The van der Waals surface area contributed by atoms with Crippen LogP contribution in [0.4, 0.5) is 0 Å². The number of carbonyl (C=O) groups excluding carboxylic acids is 2. The van der Waals surface area contributed by atoms with E-state index < -0.39 is 11.9 Å². The normalized spacial score (nSPS) is 26.4. The maximum Gasteiger partial charge on any atom is 0.308 e. The quantitative estimate of drug-likeness (QED) is 0.899. The lowest BCUT2D eigenvalue weighted by molar-refractivity contribution is -0.149. The van der Waals surface area contributed by atoms with Crippen molar-refractivity contribution in [2.75, 3.05) is 19.6 Å². The van der Waals surface area contributed by atoms with Gasteiger partial charge in [-0.2, -0.15) is 0 Å². The van der Waals surface area contributed by atoms with Gasteiger partial charge in [-0.25, -0.2) is 0 Å². The number of carbonyl (C=O) groups is 3. The highest BCUT2D eigenvalue weighted by molar-refractivity contribution is 5.94. The molecule has 3 atom stereocenters. The molecule has 2 amide bonds. The van der Waals surface area contributed by atoms with E-state index in [9.17, 15) is 19.5 Å². The highest BCUT2D eigenvalue weighted by Crippen LogP contribution is 2.27. The van der Waals surface area contributed by atoms with Crippen LogP contribution in [0, 0.1) is 11.8 Å². The number of amides is 2. The second-order valence-corrected chi connectivity index (χ2v) is 7.41. The number of carboxylic acid groups (broad SMARTS) is 1. The van der Waals surface area contributed by atoms with Crippen LogP contribution in [0.3, 0.4) is 0 Å². The molecular formula is C20H26N2O4. The average molecular weight is 358 g/mol. The lowest BCUT2D eigenvalue weighted by Gasteiger charge is -2.40. The predicted octanol–water partition coefficient (Wildman–Crippen LogP) is 2.25. The molecular weight excluding hydrogens is 332 g/mol. The second kappa shape index (κ2) is 7.89. The summed E-state index contributed by atoms with van der Waals surface area (Å²) in [5.74, 6) is -1.61. The van der Waals surface area contributed by atoms with Gasteiger partial charge in [0.05, 0.1) is 11.8 Å². The molecule has 3 unspecified atom stereocenters. The van der Waals surface area contributed by atoms with Crippen LogP contribution in [0.1, 0.15) is 43.0 Å². The summed E-state index contributed by atoms with van der Waals surface area (Å²) in [5.41, 5.74) is 0.637. The molecule has 1 aromatic carbocycles. The lowest BCUT2D eigenvalue weighted by atomic mass is 9.90. The summed E-state index contributed by atoms with van der Waals surface area (Å²) in [4.78, 5) is 40.5. The first-order valence-electron chi connectivity index (χ1n) is 9.35. The number of benzene rings is 1. The van der Waals surface area contributed by atoms with E-state index in [1.165, 1.54) is 0 Å². The maximum absolute atomic E-state index is 13.0. The Morgan fingerprint density at radius 2 is 1.73 bits per heavy atom. The minimum absolute atomic E-state index is 0.00554. The maximum atomic E-state index is 13.0. The van der Waals surface area contributed by atoms with E-state index >= 15 is 0 Å². The first-order chi connectivity index (χ1) is 12.5. The molecule has 2 aliphatic rings. The van der Waals surface area contributed by atoms with Crippen LogP contribution in [0.5, 0.6) is 0 Å². The molecule has 1 N–H and O–H groups in total. The average Bonchev–Trinajstić information content (AvgIpc) is 2.68. The van der Waals surface area contributed by atoms with E-state index in [1.807, 2.05) is 25.1 Å². The van der Waals surface area contributed by atoms with Gasteiger partial charge in [0.1, 0.15) is 0 Å². The lowest BCUT2D eigenvalue weighted by Crippen LogP contribution is -2.52. The summed E-state index contributed by atoms with van der Waals surface area (Å²) < 4.78 is 0. The van der Waals surface area contributed by atoms with Gasteiger partial charge < -0.3 is 14.9 Å². The number of likely N-dealkylation sites (tertiary alicyclic amines) is 2. The van der Waals surface area contributed by atoms with Crippen LogP contribution >= 0.6 is 0 Å². The Morgan fingerprint density at radius 1 is 1.00 bits per heavy atom. The number of hydrogen-bond acceptors (Lipinski definition) is 3. The van der Waals surface area contributed by atoms with Gasteiger partial charge in [-0.1, -0.05) is 18.2 Å². The van der Waals surface area contributed by atoms with E-state index in [0.717, 1.165) is 12.8 Å². The molecule has 1 aromatic rings. The van der Waals surface area contributed by atoms with E-state index in [-0.39, 0.29) is 30.3 Å².